The average molecular weight is 271 g/mol. The smallest absolute Gasteiger partial charge is 0.286 e. The van der Waals surface area contributed by atoms with Crippen molar-refractivity contribution in [3.63, 3.8) is 0 Å². The summed E-state index contributed by atoms with van der Waals surface area (Å²) in [5, 5.41) is 3.38. The molecule has 92 valence electrons. The lowest BCUT2D eigenvalue weighted by Gasteiger charge is -2.19. The average Bonchev–Trinajstić information content (AvgIpc) is 2.27. The molecule has 1 aliphatic heterocycles. The van der Waals surface area contributed by atoms with E-state index in [4.69, 9.17) is 0 Å². The topological polar surface area (TPSA) is 61.8 Å². The zero-order chi connectivity index (χ0) is 12.6. The molecule has 0 saturated carbocycles. The van der Waals surface area contributed by atoms with E-state index in [1.807, 2.05) is 25.1 Å². The lowest BCUT2D eigenvalue weighted by atomic mass is 10.2. The minimum atomic E-state index is -3.58. The fourth-order valence-electron chi connectivity index (χ4n) is 1.49. The minimum Gasteiger partial charge on any atom is -0.378 e. The van der Waals surface area contributed by atoms with Crippen LogP contribution in [0.2, 0.25) is 0 Å². The van der Waals surface area contributed by atoms with E-state index in [0.717, 1.165) is 5.69 Å². The Hall–Kier alpha value is -1.21. The lowest BCUT2D eigenvalue weighted by molar-refractivity contribution is 0.598. The molecule has 1 aromatic carbocycles. The molecule has 0 bridgehead atoms. The van der Waals surface area contributed by atoms with Gasteiger partial charge in [-0.15, -0.1) is 4.40 Å². The van der Waals surface area contributed by atoms with Crippen molar-refractivity contribution in [1.29, 1.82) is 0 Å². The van der Waals surface area contributed by atoms with Gasteiger partial charge in [-0.3, -0.25) is 0 Å². The maximum atomic E-state index is 12.0. The van der Waals surface area contributed by atoms with Gasteiger partial charge in [0, 0.05) is 19.8 Å². The number of nitrogens with one attached hydrogen (secondary N) is 1. The third-order valence-electron chi connectivity index (χ3n) is 2.40. The van der Waals surface area contributed by atoms with Gasteiger partial charge in [-0.05, 0) is 24.5 Å². The summed E-state index contributed by atoms with van der Waals surface area (Å²) in [6.45, 7) is 0. The van der Waals surface area contributed by atoms with Crippen LogP contribution in [0.15, 0.2) is 27.5 Å². The van der Waals surface area contributed by atoms with E-state index in [1.165, 1.54) is 11.8 Å². The number of amidine groups is 1. The van der Waals surface area contributed by atoms with Crippen molar-refractivity contribution in [3.8, 4) is 0 Å². The molecule has 0 spiro atoms. The molecule has 0 saturated heterocycles. The highest BCUT2D eigenvalue weighted by molar-refractivity contribution is 8.14. The van der Waals surface area contributed by atoms with E-state index in [2.05, 4.69) is 9.71 Å². The van der Waals surface area contributed by atoms with E-state index in [-0.39, 0.29) is 4.90 Å². The van der Waals surface area contributed by atoms with E-state index in [1.54, 1.807) is 18.4 Å². The quantitative estimate of drug-likeness (QED) is 0.840. The summed E-state index contributed by atoms with van der Waals surface area (Å²) in [5.41, 5.74) is 1.41. The molecule has 0 atom stereocenters. The van der Waals surface area contributed by atoms with Gasteiger partial charge in [-0.1, -0.05) is 11.8 Å². The second kappa shape index (κ2) is 4.23. The number of fused-ring (bicyclic) bond motifs is 1. The van der Waals surface area contributed by atoms with Crippen molar-refractivity contribution in [2.24, 2.45) is 4.40 Å². The Morgan fingerprint density at radius 1 is 1.35 bits per heavy atom. The molecule has 1 aromatic rings. The van der Waals surface area contributed by atoms with Gasteiger partial charge in [0.15, 0.2) is 5.17 Å². The van der Waals surface area contributed by atoms with Crippen LogP contribution in [0.3, 0.4) is 0 Å². The number of rotatable bonds is 1. The SMILES string of the molecule is CSC1=NS(=O)(=O)c2cc(N(C)C)ccc2N1. The van der Waals surface area contributed by atoms with Gasteiger partial charge in [-0.25, -0.2) is 0 Å². The number of hydrogen-bond donors (Lipinski definition) is 1. The fraction of sp³-hybridized carbons (Fsp3) is 0.300. The van der Waals surface area contributed by atoms with Gasteiger partial charge in [0.2, 0.25) is 0 Å². The number of anilines is 2. The van der Waals surface area contributed by atoms with Crippen LogP contribution >= 0.6 is 11.8 Å². The number of nitrogens with zero attached hydrogens (tertiary/aromatic N) is 2. The largest absolute Gasteiger partial charge is 0.378 e. The zero-order valence-corrected chi connectivity index (χ0v) is 11.4. The highest BCUT2D eigenvalue weighted by atomic mass is 32.2. The summed E-state index contributed by atoms with van der Waals surface area (Å²) < 4.78 is 27.6. The Labute approximate surface area is 105 Å². The molecule has 2 rings (SSSR count). The second-order valence-corrected chi connectivity index (χ2v) is 6.14. The van der Waals surface area contributed by atoms with E-state index in [0.29, 0.717) is 10.9 Å². The van der Waals surface area contributed by atoms with Crippen LogP contribution in [0.5, 0.6) is 0 Å². The van der Waals surface area contributed by atoms with Crippen molar-refractivity contribution < 1.29 is 8.42 Å². The highest BCUT2D eigenvalue weighted by Gasteiger charge is 2.25. The highest BCUT2D eigenvalue weighted by Crippen LogP contribution is 2.31. The Morgan fingerprint density at radius 2 is 2.06 bits per heavy atom. The first-order valence-corrected chi connectivity index (χ1v) is 7.58. The Morgan fingerprint density at radius 3 is 2.65 bits per heavy atom. The third-order valence-corrected chi connectivity index (χ3v) is 4.41. The van der Waals surface area contributed by atoms with Gasteiger partial charge in [-0.2, -0.15) is 8.42 Å². The summed E-state index contributed by atoms with van der Waals surface area (Å²) in [6.07, 6.45) is 1.78. The molecule has 0 fully saturated rings. The number of benzene rings is 1. The molecule has 17 heavy (non-hydrogen) atoms. The molecule has 1 N–H and O–H groups in total. The minimum absolute atomic E-state index is 0.224. The van der Waals surface area contributed by atoms with Crippen molar-refractivity contribution in [3.05, 3.63) is 18.2 Å². The summed E-state index contributed by atoms with van der Waals surface area (Å²) in [7, 11) is 0.143. The third kappa shape index (κ3) is 2.25. The van der Waals surface area contributed by atoms with Crippen LogP contribution in [-0.4, -0.2) is 33.9 Å². The monoisotopic (exact) mass is 271 g/mol. The van der Waals surface area contributed by atoms with E-state index in [9.17, 15) is 8.42 Å². The number of sulfonamides is 1. The summed E-state index contributed by atoms with van der Waals surface area (Å²) in [6, 6.07) is 5.25. The molecular weight excluding hydrogens is 258 g/mol. The predicted molar refractivity (Wildman–Crippen MR) is 72.5 cm³/mol. The molecule has 0 aliphatic carbocycles. The molecule has 0 radical (unpaired) electrons. The second-order valence-electron chi connectivity index (χ2n) is 3.78. The molecule has 7 heteroatoms. The van der Waals surface area contributed by atoms with Gasteiger partial charge >= 0.3 is 0 Å². The van der Waals surface area contributed by atoms with Crippen LogP contribution in [0, 0.1) is 0 Å². The molecule has 0 unspecified atom stereocenters. The van der Waals surface area contributed by atoms with Crippen molar-refractivity contribution in [1.82, 2.24) is 0 Å². The number of thioether (sulfide) groups is 1. The molecule has 0 amide bonds. The fourth-order valence-corrected chi connectivity index (χ4v) is 3.32. The van der Waals surface area contributed by atoms with Crippen molar-refractivity contribution in [2.45, 2.75) is 4.90 Å². The molecule has 1 heterocycles. The first-order valence-electron chi connectivity index (χ1n) is 4.91. The van der Waals surface area contributed by atoms with Crippen LogP contribution < -0.4 is 10.2 Å². The maximum absolute atomic E-state index is 12.0. The van der Waals surface area contributed by atoms with Crippen LogP contribution in [0.1, 0.15) is 0 Å². The van der Waals surface area contributed by atoms with Gasteiger partial charge in [0.25, 0.3) is 10.0 Å². The van der Waals surface area contributed by atoms with Crippen molar-refractivity contribution >= 4 is 38.3 Å². The molecule has 0 aromatic heterocycles. The van der Waals surface area contributed by atoms with Crippen molar-refractivity contribution in [2.75, 3.05) is 30.6 Å². The summed E-state index contributed by atoms with van der Waals surface area (Å²) >= 11 is 1.27. The lowest BCUT2D eigenvalue weighted by Crippen LogP contribution is -2.19. The molecule has 5 nitrogen and oxygen atoms in total. The van der Waals surface area contributed by atoms with Gasteiger partial charge < -0.3 is 10.2 Å². The van der Waals surface area contributed by atoms with E-state index >= 15 is 0 Å². The maximum Gasteiger partial charge on any atom is 0.286 e. The normalized spacial score (nSPS) is 16.8. The van der Waals surface area contributed by atoms with Gasteiger partial charge in [0.05, 0.1) is 5.69 Å². The number of hydrogen-bond acceptors (Lipinski definition) is 5. The van der Waals surface area contributed by atoms with Crippen LogP contribution in [-0.2, 0) is 10.0 Å². The summed E-state index contributed by atoms with van der Waals surface area (Å²) in [4.78, 5) is 2.07. The zero-order valence-electron chi connectivity index (χ0n) is 9.76. The molecular formula is C10H13N3O2S2. The Balaban J connectivity index is 2.58. The summed E-state index contributed by atoms with van der Waals surface area (Å²) in [5.74, 6) is 0. The van der Waals surface area contributed by atoms with Crippen LogP contribution in [0.25, 0.3) is 0 Å². The Kier molecular flexibility index (Phi) is 3.05. The first kappa shape index (κ1) is 12.3. The van der Waals surface area contributed by atoms with Crippen LogP contribution in [0.4, 0.5) is 11.4 Å². The Bertz CT molecular complexity index is 579. The standard InChI is InChI=1S/C10H13N3O2S2/c1-13(2)7-4-5-8-9(6-7)17(14,15)12-10(11-8)16-3/h4-6H,1-3H3,(H,11,12). The van der Waals surface area contributed by atoms with Gasteiger partial charge in [0.1, 0.15) is 4.90 Å². The predicted octanol–water partition coefficient (Wildman–Crippen LogP) is 1.59. The molecule has 1 aliphatic rings. The first-order chi connectivity index (χ1) is 7.94. The van der Waals surface area contributed by atoms with E-state index < -0.39 is 10.0 Å².